The lowest BCUT2D eigenvalue weighted by molar-refractivity contribution is -0.140. The van der Waals surface area contributed by atoms with Gasteiger partial charge in [-0.2, -0.15) is 0 Å². The fourth-order valence-corrected chi connectivity index (χ4v) is 6.68. The Bertz CT molecular complexity index is 1710. The number of carbonyl (C=O) groups excluding carboxylic acids is 2. The third-order valence-corrected chi connectivity index (χ3v) is 9.89. The van der Waals surface area contributed by atoms with Crippen molar-refractivity contribution in [1.29, 1.82) is 0 Å². The molecule has 0 bridgehead atoms. The van der Waals surface area contributed by atoms with Gasteiger partial charge in [0.15, 0.2) is 0 Å². The fraction of sp³-hybridized carbons (Fsp3) is 0.297. The number of hydrogen-bond acceptors (Lipinski definition) is 4. The molecule has 4 aromatic carbocycles. The van der Waals surface area contributed by atoms with Gasteiger partial charge in [0.2, 0.25) is 11.8 Å². The molecule has 0 spiro atoms. The average molecular weight is 626 g/mol. The molecular weight excluding hydrogens is 582 g/mol. The Morgan fingerprint density at radius 3 is 2.07 bits per heavy atom. The van der Waals surface area contributed by atoms with Crippen molar-refractivity contribution in [1.82, 2.24) is 10.2 Å². The average Bonchev–Trinajstić information content (AvgIpc) is 3.04. The summed E-state index contributed by atoms with van der Waals surface area (Å²) in [6.45, 7) is 9.26. The first kappa shape index (κ1) is 33.5. The van der Waals surface area contributed by atoms with Crippen LogP contribution in [-0.2, 0) is 32.6 Å². The van der Waals surface area contributed by atoms with E-state index >= 15 is 0 Å². The van der Waals surface area contributed by atoms with Crippen LogP contribution in [0.4, 0.5) is 5.69 Å². The number of benzene rings is 4. The molecule has 0 radical (unpaired) electrons. The molecule has 236 valence electrons. The van der Waals surface area contributed by atoms with Crippen LogP contribution in [0.5, 0.6) is 0 Å². The molecule has 4 rings (SSSR count). The summed E-state index contributed by atoms with van der Waals surface area (Å²) in [6.07, 6.45) is 1.00. The number of nitrogens with zero attached hydrogens (tertiary/aromatic N) is 2. The molecule has 45 heavy (non-hydrogen) atoms. The second-order valence-corrected chi connectivity index (χ2v) is 13.4. The van der Waals surface area contributed by atoms with E-state index in [9.17, 15) is 18.0 Å². The first-order valence-electron chi connectivity index (χ1n) is 15.3. The highest BCUT2D eigenvalue weighted by molar-refractivity contribution is 7.92. The maximum atomic E-state index is 14.6. The summed E-state index contributed by atoms with van der Waals surface area (Å²) in [5.41, 5.74) is 4.75. The molecule has 0 saturated heterocycles. The topological polar surface area (TPSA) is 86.8 Å². The van der Waals surface area contributed by atoms with Gasteiger partial charge < -0.3 is 10.2 Å². The van der Waals surface area contributed by atoms with E-state index in [1.54, 1.807) is 29.2 Å². The minimum absolute atomic E-state index is 0.0829. The van der Waals surface area contributed by atoms with E-state index in [0.717, 1.165) is 28.7 Å². The highest BCUT2D eigenvalue weighted by atomic mass is 32.2. The van der Waals surface area contributed by atoms with Crippen molar-refractivity contribution >= 4 is 27.5 Å². The monoisotopic (exact) mass is 625 g/mol. The lowest BCUT2D eigenvalue weighted by atomic mass is 10.0. The van der Waals surface area contributed by atoms with E-state index in [0.29, 0.717) is 11.3 Å². The van der Waals surface area contributed by atoms with Crippen molar-refractivity contribution in [2.75, 3.05) is 10.8 Å². The Morgan fingerprint density at radius 2 is 1.42 bits per heavy atom. The highest BCUT2D eigenvalue weighted by Gasteiger charge is 2.35. The minimum Gasteiger partial charge on any atom is -0.352 e. The molecule has 2 atom stereocenters. The normalized spacial score (nSPS) is 12.6. The van der Waals surface area contributed by atoms with E-state index in [1.807, 2.05) is 101 Å². The first-order chi connectivity index (χ1) is 21.5. The predicted octanol–water partition coefficient (Wildman–Crippen LogP) is 6.36. The van der Waals surface area contributed by atoms with Gasteiger partial charge in [-0.3, -0.25) is 13.9 Å². The van der Waals surface area contributed by atoms with Gasteiger partial charge in [0.25, 0.3) is 10.0 Å². The molecule has 0 aliphatic carbocycles. The molecule has 4 aromatic rings. The third-order valence-electron chi connectivity index (χ3n) is 8.12. The van der Waals surface area contributed by atoms with Crippen molar-refractivity contribution < 1.29 is 18.0 Å². The fourth-order valence-electron chi connectivity index (χ4n) is 5.19. The van der Waals surface area contributed by atoms with Gasteiger partial charge in [-0.25, -0.2) is 8.42 Å². The quantitative estimate of drug-likeness (QED) is 0.187. The van der Waals surface area contributed by atoms with E-state index in [-0.39, 0.29) is 29.8 Å². The molecule has 0 aromatic heterocycles. The third kappa shape index (κ3) is 8.39. The van der Waals surface area contributed by atoms with Crippen LogP contribution in [-0.4, -0.2) is 43.8 Å². The van der Waals surface area contributed by atoms with Gasteiger partial charge in [0.1, 0.15) is 12.6 Å². The first-order valence-corrected chi connectivity index (χ1v) is 16.8. The molecule has 0 heterocycles. The predicted molar refractivity (Wildman–Crippen MR) is 180 cm³/mol. The van der Waals surface area contributed by atoms with Crippen LogP contribution in [0.2, 0.25) is 0 Å². The molecule has 2 amide bonds. The van der Waals surface area contributed by atoms with Crippen molar-refractivity contribution in [3.63, 3.8) is 0 Å². The van der Waals surface area contributed by atoms with Crippen molar-refractivity contribution in [3.05, 3.63) is 131 Å². The van der Waals surface area contributed by atoms with Crippen LogP contribution in [0.15, 0.2) is 108 Å². The standard InChI is InChI=1S/C37H43N3O4S/c1-6-30(5)38-37(42)35(24-31-16-9-7-10-17-31)39(25-32-18-14-13-15-28(32)3)36(41)26-40(34-23-27(2)21-22-29(34)4)45(43,44)33-19-11-8-12-20-33/h7-23,30,35H,6,24-26H2,1-5H3,(H,38,42). The van der Waals surface area contributed by atoms with Crippen LogP contribution in [0, 0.1) is 20.8 Å². The van der Waals surface area contributed by atoms with E-state index in [1.165, 1.54) is 16.4 Å². The number of amides is 2. The van der Waals surface area contributed by atoms with Gasteiger partial charge in [0, 0.05) is 19.0 Å². The van der Waals surface area contributed by atoms with E-state index in [4.69, 9.17) is 0 Å². The molecular formula is C37H43N3O4S. The molecule has 8 heteroatoms. The molecule has 0 aliphatic rings. The van der Waals surface area contributed by atoms with Crippen molar-refractivity contribution in [3.8, 4) is 0 Å². The van der Waals surface area contributed by atoms with Crippen LogP contribution >= 0.6 is 0 Å². The SMILES string of the molecule is CCC(C)NC(=O)C(Cc1ccccc1)N(Cc1ccccc1C)C(=O)CN(c1cc(C)ccc1C)S(=O)(=O)c1ccccc1. The Kier molecular flexibility index (Phi) is 11.2. The Balaban J connectivity index is 1.84. The second kappa shape index (κ2) is 15.0. The number of sulfonamides is 1. The lowest BCUT2D eigenvalue weighted by Crippen LogP contribution is -2.54. The van der Waals surface area contributed by atoms with Gasteiger partial charge >= 0.3 is 0 Å². The van der Waals surface area contributed by atoms with Crippen molar-refractivity contribution in [2.45, 2.75) is 71.0 Å². The number of hydrogen-bond donors (Lipinski definition) is 1. The van der Waals surface area contributed by atoms with Gasteiger partial charge in [-0.1, -0.05) is 91.9 Å². The van der Waals surface area contributed by atoms with Gasteiger partial charge in [0.05, 0.1) is 10.6 Å². The number of carbonyl (C=O) groups is 2. The number of anilines is 1. The van der Waals surface area contributed by atoms with E-state index in [2.05, 4.69) is 5.32 Å². The number of aryl methyl sites for hydroxylation is 3. The van der Waals surface area contributed by atoms with Crippen LogP contribution in [0.3, 0.4) is 0 Å². The largest absolute Gasteiger partial charge is 0.352 e. The summed E-state index contributed by atoms with van der Waals surface area (Å²) in [7, 11) is -4.15. The minimum atomic E-state index is -4.15. The summed E-state index contributed by atoms with van der Waals surface area (Å²) in [5, 5.41) is 3.08. The summed E-state index contributed by atoms with van der Waals surface area (Å²) >= 11 is 0. The molecule has 0 aliphatic heterocycles. The molecule has 2 unspecified atom stereocenters. The summed E-state index contributed by atoms with van der Waals surface area (Å²) in [4.78, 5) is 30.3. The lowest BCUT2D eigenvalue weighted by Gasteiger charge is -2.35. The Hall–Kier alpha value is -4.43. The molecule has 7 nitrogen and oxygen atoms in total. The number of rotatable bonds is 13. The maximum absolute atomic E-state index is 14.6. The maximum Gasteiger partial charge on any atom is 0.264 e. The van der Waals surface area contributed by atoms with Crippen LogP contribution in [0.1, 0.15) is 48.1 Å². The second-order valence-electron chi connectivity index (χ2n) is 11.6. The number of nitrogens with one attached hydrogen (secondary N) is 1. The zero-order valence-corrected chi connectivity index (χ0v) is 27.6. The molecule has 1 N–H and O–H groups in total. The zero-order valence-electron chi connectivity index (χ0n) is 26.7. The smallest absolute Gasteiger partial charge is 0.264 e. The van der Waals surface area contributed by atoms with Crippen LogP contribution < -0.4 is 9.62 Å². The van der Waals surface area contributed by atoms with Gasteiger partial charge in [-0.15, -0.1) is 0 Å². The highest BCUT2D eigenvalue weighted by Crippen LogP contribution is 2.29. The summed E-state index contributed by atoms with van der Waals surface area (Å²) in [6, 6.07) is 30.0. The molecule has 0 saturated carbocycles. The Morgan fingerprint density at radius 1 is 0.800 bits per heavy atom. The van der Waals surface area contributed by atoms with E-state index < -0.39 is 28.5 Å². The summed E-state index contributed by atoms with van der Waals surface area (Å²) < 4.78 is 29.6. The zero-order chi connectivity index (χ0) is 32.6. The van der Waals surface area contributed by atoms with Gasteiger partial charge in [-0.05, 0) is 80.1 Å². The van der Waals surface area contributed by atoms with Crippen LogP contribution in [0.25, 0.3) is 0 Å². The Labute approximate surface area is 268 Å². The van der Waals surface area contributed by atoms with Crippen molar-refractivity contribution in [2.24, 2.45) is 0 Å². The summed E-state index contributed by atoms with van der Waals surface area (Å²) in [5.74, 6) is -0.752. The molecule has 0 fully saturated rings.